The Bertz CT molecular complexity index is 1020. The standard InChI is InChI=1S/C21H25N3O3S.ClH/c1-15-4-3-5-18(12-15)24-28(26,27)19-7-6-16(2)20(13-19)21(25)23-14-17-8-10-22-11-9-17;/h3-8,12-13,22,24H,9-11,14H2,1-2H3,(H,23,25);1H. The van der Waals surface area contributed by atoms with Crippen LogP contribution in [0, 0.1) is 13.8 Å². The molecule has 1 aliphatic rings. The van der Waals surface area contributed by atoms with Crippen molar-refractivity contribution in [2.45, 2.75) is 25.2 Å². The average Bonchev–Trinajstić information content (AvgIpc) is 2.67. The van der Waals surface area contributed by atoms with Crippen LogP contribution in [0.25, 0.3) is 0 Å². The third kappa shape index (κ3) is 6.06. The van der Waals surface area contributed by atoms with Crippen LogP contribution in [0.1, 0.15) is 27.9 Å². The largest absolute Gasteiger partial charge is 0.348 e. The van der Waals surface area contributed by atoms with Crippen molar-refractivity contribution >= 4 is 34.0 Å². The SMILES string of the molecule is Cc1cccc(NS(=O)(=O)c2ccc(C)c(C(=O)NCC3=CCNCC3)c2)c1.Cl. The molecule has 2 aromatic rings. The molecule has 2 aromatic carbocycles. The first-order valence-corrected chi connectivity index (χ1v) is 10.7. The van der Waals surface area contributed by atoms with Gasteiger partial charge in [0.25, 0.3) is 15.9 Å². The van der Waals surface area contributed by atoms with Crippen LogP contribution >= 0.6 is 12.4 Å². The van der Waals surface area contributed by atoms with Gasteiger partial charge in [-0.1, -0.05) is 29.8 Å². The van der Waals surface area contributed by atoms with Crippen LogP contribution in [0.4, 0.5) is 5.69 Å². The maximum absolute atomic E-state index is 12.7. The number of halogens is 1. The van der Waals surface area contributed by atoms with Crippen molar-refractivity contribution in [2.75, 3.05) is 24.4 Å². The Balaban J connectivity index is 0.00000300. The van der Waals surface area contributed by atoms with Crippen LogP contribution < -0.4 is 15.4 Å². The second-order valence-electron chi connectivity index (χ2n) is 6.95. The summed E-state index contributed by atoms with van der Waals surface area (Å²) >= 11 is 0. The van der Waals surface area contributed by atoms with Gasteiger partial charge in [0.1, 0.15) is 0 Å². The van der Waals surface area contributed by atoms with Crippen molar-refractivity contribution in [1.29, 1.82) is 0 Å². The monoisotopic (exact) mass is 435 g/mol. The predicted octanol–water partition coefficient (Wildman–Crippen LogP) is 3.18. The highest BCUT2D eigenvalue weighted by Gasteiger charge is 2.18. The van der Waals surface area contributed by atoms with Gasteiger partial charge in [0.05, 0.1) is 4.90 Å². The molecule has 156 valence electrons. The number of sulfonamides is 1. The van der Waals surface area contributed by atoms with E-state index in [0.29, 0.717) is 17.8 Å². The highest BCUT2D eigenvalue weighted by Crippen LogP contribution is 2.20. The van der Waals surface area contributed by atoms with Gasteiger partial charge in [0, 0.05) is 24.3 Å². The maximum atomic E-state index is 12.7. The molecule has 6 nitrogen and oxygen atoms in total. The van der Waals surface area contributed by atoms with Gasteiger partial charge in [0.15, 0.2) is 0 Å². The zero-order valence-electron chi connectivity index (χ0n) is 16.5. The molecule has 1 aliphatic heterocycles. The van der Waals surface area contributed by atoms with Gasteiger partial charge in [-0.05, 0) is 62.2 Å². The topological polar surface area (TPSA) is 87.3 Å². The maximum Gasteiger partial charge on any atom is 0.261 e. The van der Waals surface area contributed by atoms with Gasteiger partial charge in [-0.2, -0.15) is 0 Å². The summed E-state index contributed by atoms with van der Waals surface area (Å²) in [4.78, 5) is 12.7. The molecular formula is C21H26ClN3O3S. The number of aryl methyl sites for hydroxylation is 2. The first-order valence-electron chi connectivity index (χ1n) is 9.22. The first kappa shape index (κ1) is 22.9. The van der Waals surface area contributed by atoms with Crippen LogP contribution in [0.3, 0.4) is 0 Å². The van der Waals surface area contributed by atoms with Crippen LogP contribution in [0.2, 0.25) is 0 Å². The minimum Gasteiger partial charge on any atom is -0.348 e. The quantitative estimate of drug-likeness (QED) is 0.608. The van der Waals surface area contributed by atoms with Crippen molar-refractivity contribution in [3.05, 3.63) is 70.8 Å². The molecule has 0 radical (unpaired) electrons. The van der Waals surface area contributed by atoms with E-state index in [1.54, 1.807) is 31.2 Å². The van der Waals surface area contributed by atoms with Gasteiger partial charge in [-0.3, -0.25) is 9.52 Å². The first-order chi connectivity index (χ1) is 13.3. The van der Waals surface area contributed by atoms with Crippen molar-refractivity contribution in [2.24, 2.45) is 0 Å². The average molecular weight is 436 g/mol. The molecule has 0 bridgehead atoms. The molecule has 0 unspecified atom stereocenters. The second kappa shape index (κ2) is 9.91. The summed E-state index contributed by atoms with van der Waals surface area (Å²) in [6.45, 7) is 5.87. The molecule has 8 heteroatoms. The van der Waals surface area contributed by atoms with Crippen LogP contribution in [-0.2, 0) is 10.0 Å². The molecule has 0 atom stereocenters. The molecule has 0 saturated carbocycles. The summed E-state index contributed by atoms with van der Waals surface area (Å²) in [5, 5.41) is 6.12. The lowest BCUT2D eigenvalue weighted by molar-refractivity contribution is 0.0956. The summed E-state index contributed by atoms with van der Waals surface area (Å²) < 4.78 is 28.1. The molecule has 0 saturated heterocycles. The zero-order chi connectivity index (χ0) is 20.1. The lowest BCUT2D eigenvalue weighted by Gasteiger charge is -2.15. The number of carbonyl (C=O) groups is 1. The second-order valence-corrected chi connectivity index (χ2v) is 8.63. The minimum atomic E-state index is -3.79. The summed E-state index contributed by atoms with van der Waals surface area (Å²) in [6, 6.07) is 11.7. The molecular weight excluding hydrogens is 410 g/mol. The molecule has 0 spiro atoms. The van der Waals surface area contributed by atoms with Crippen molar-refractivity contribution in [3.8, 4) is 0 Å². The molecule has 3 N–H and O–H groups in total. The Kier molecular flexibility index (Phi) is 7.84. The molecule has 0 aliphatic carbocycles. The summed E-state index contributed by atoms with van der Waals surface area (Å²) in [5.41, 5.74) is 3.71. The van der Waals surface area contributed by atoms with E-state index in [2.05, 4.69) is 21.4 Å². The number of hydrogen-bond donors (Lipinski definition) is 3. The van der Waals surface area contributed by atoms with Gasteiger partial charge < -0.3 is 10.6 Å². The Labute approximate surface area is 178 Å². The Morgan fingerprint density at radius 1 is 1.14 bits per heavy atom. The molecule has 29 heavy (non-hydrogen) atoms. The number of rotatable bonds is 6. The third-order valence-corrected chi connectivity index (χ3v) is 6.05. The number of carbonyl (C=O) groups excluding carboxylic acids is 1. The molecule has 1 amide bonds. The fourth-order valence-electron chi connectivity index (χ4n) is 3.05. The lowest BCUT2D eigenvalue weighted by atomic mass is 10.1. The van der Waals surface area contributed by atoms with Crippen molar-refractivity contribution in [3.63, 3.8) is 0 Å². The van der Waals surface area contributed by atoms with Gasteiger partial charge in [-0.15, -0.1) is 12.4 Å². The Morgan fingerprint density at radius 2 is 1.93 bits per heavy atom. The van der Waals surface area contributed by atoms with Crippen LogP contribution in [0.5, 0.6) is 0 Å². The van der Waals surface area contributed by atoms with E-state index in [-0.39, 0.29) is 23.2 Å². The molecule has 3 rings (SSSR count). The minimum absolute atomic E-state index is 0. The van der Waals surface area contributed by atoms with E-state index in [1.165, 1.54) is 17.7 Å². The van der Waals surface area contributed by atoms with E-state index in [1.807, 2.05) is 13.0 Å². The molecule has 0 aromatic heterocycles. The zero-order valence-corrected chi connectivity index (χ0v) is 18.1. The van der Waals surface area contributed by atoms with Gasteiger partial charge in [-0.25, -0.2) is 8.42 Å². The third-order valence-electron chi connectivity index (χ3n) is 4.67. The molecule has 1 heterocycles. The van der Waals surface area contributed by atoms with E-state index in [9.17, 15) is 13.2 Å². The summed E-state index contributed by atoms with van der Waals surface area (Å²) in [6.07, 6.45) is 2.97. The number of benzene rings is 2. The van der Waals surface area contributed by atoms with E-state index in [0.717, 1.165) is 30.6 Å². The smallest absolute Gasteiger partial charge is 0.261 e. The Hall–Kier alpha value is -2.35. The predicted molar refractivity (Wildman–Crippen MR) is 118 cm³/mol. The van der Waals surface area contributed by atoms with Crippen molar-refractivity contribution < 1.29 is 13.2 Å². The number of nitrogens with one attached hydrogen (secondary N) is 3. The highest BCUT2D eigenvalue weighted by atomic mass is 35.5. The van der Waals surface area contributed by atoms with Crippen LogP contribution in [0.15, 0.2) is 59.0 Å². The normalized spacial score (nSPS) is 13.8. The Morgan fingerprint density at radius 3 is 2.62 bits per heavy atom. The fourth-order valence-corrected chi connectivity index (χ4v) is 4.13. The molecule has 0 fully saturated rings. The number of amides is 1. The van der Waals surface area contributed by atoms with Gasteiger partial charge in [0.2, 0.25) is 0 Å². The van der Waals surface area contributed by atoms with E-state index in [4.69, 9.17) is 0 Å². The summed E-state index contributed by atoms with van der Waals surface area (Å²) in [5.74, 6) is -0.274. The van der Waals surface area contributed by atoms with Gasteiger partial charge >= 0.3 is 0 Å². The lowest BCUT2D eigenvalue weighted by Crippen LogP contribution is -2.30. The summed E-state index contributed by atoms with van der Waals surface area (Å²) in [7, 11) is -3.79. The number of anilines is 1. The van der Waals surface area contributed by atoms with E-state index >= 15 is 0 Å². The van der Waals surface area contributed by atoms with E-state index < -0.39 is 10.0 Å². The fraction of sp³-hybridized carbons (Fsp3) is 0.286. The number of hydrogen-bond acceptors (Lipinski definition) is 4. The van der Waals surface area contributed by atoms with Crippen molar-refractivity contribution in [1.82, 2.24) is 10.6 Å². The highest BCUT2D eigenvalue weighted by molar-refractivity contribution is 7.92. The van der Waals surface area contributed by atoms with Crippen LogP contribution in [-0.4, -0.2) is 34.0 Å².